The molecule has 0 aliphatic rings. The Morgan fingerprint density at radius 2 is 2.00 bits per heavy atom. The summed E-state index contributed by atoms with van der Waals surface area (Å²) in [5, 5.41) is 2.54. The van der Waals surface area contributed by atoms with Crippen LogP contribution in [0.15, 0.2) is 18.2 Å². The molecule has 0 aliphatic carbocycles. The summed E-state index contributed by atoms with van der Waals surface area (Å²) in [6, 6.07) is 2.35. The lowest BCUT2D eigenvalue weighted by Gasteiger charge is -2.21. The molecule has 1 rings (SSSR count). The van der Waals surface area contributed by atoms with Crippen LogP contribution in [0.3, 0.4) is 0 Å². The van der Waals surface area contributed by atoms with Crippen LogP contribution in [0.1, 0.15) is 32.3 Å². The molecule has 0 radical (unpaired) electrons. The van der Waals surface area contributed by atoms with Crippen LogP contribution in [0.5, 0.6) is 0 Å². The van der Waals surface area contributed by atoms with E-state index in [4.69, 9.17) is 5.73 Å². The van der Waals surface area contributed by atoms with Gasteiger partial charge >= 0.3 is 0 Å². The van der Waals surface area contributed by atoms with Crippen LogP contribution in [0.4, 0.5) is 8.78 Å². The summed E-state index contributed by atoms with van der Waals surface area (Å²) in [6.45, 7) is 3.69. The predicted molar refractivity (Wildman–Crippen MR) is 75.3 cm³/mol. The SMILES string of the molecule is CCC(C)C(NC(=O)CCc1cc(F)ccc1F)C(N)=O. The van der Waals surface area contributed by atoms with Crippen molar-refractivity contribution in [3.8, 4) is 0 Å². The maximum Gasteiger partial charge on any atom is 0.240 e. The second kappa shape index (κ2) is 7.71. The molecule has 2 amide bonds. The Kier molecular flexibility index (Phi) is 6.27. The number of hydrogen-bond donors (Lipinski definition) is 2. The molecule has 0 aliphatic heterocycles. The van der Waals surface area contributed by atoms with E-state index in [1.165, 1.54) is 0 Å². The second-order valence-electron chi connectivity index (χ2n) is 5.07. The maximum absolute atomic E-state index is 13.4. The Bertz CT molecular complexity index is 520. The van der Waals surface area contributed by atoms with Gasteiger partial charge in [0.1, 0.15) is 17.7 Å². The number of carbonyl (C=O) groups is 2. The number of hydrogen-bond acceptors (Lipinski definition) is 2. The molecular formula is C15H20F2N2O2. The van der Waals surface area contributed by atoms with Crippen LogP contribution >= 0.6 is 0 Å². The predicted octanol–water partition coefficient (Wildman–Crippen LogP) is 1.91. The van der Waals surface area contributed by atoms with E-state index in [1.807, 2.05) is 13.8 Å². The molecule has 6 heteroatoms. The van der Waals surface area contributed by atoms with Gasteiger partial charge in [0.25, 0.3) is 0 Å². The van der Waals surface area contributed by atoms with Crippen molar-refractivity contribution in [1.82, 2.24) is 5.32 Å². The van der Waals surface area contributed by atoms with E-state index in [9.17, 15) is 18.4 Å². The van der Waals surface area contributed by atoms with Crippen molar-refractivity contribution < 1.29 is 18.4 Å². The Morgan fingerprint density at radius 1 is 1.33 bits per heavy atom. The third kappa shape index (κ3) is 5.13. The zero-order valence-electron chi connectivity index (χ0n) is 12.2. The van der Waals surface area contributed by atoms with Gasteiger partial charge in [-0.2, -0.15) is 0 Å². The van der Waals surface area contributed by atoms with E-state index in [0.717, 1.165) is 18.2 Å². The first kappa shape index (κ1) is 17.1. The summed E-state index contributed by atoms with van der Waals surface area (Å²) in [7, 11) is 0. The van der Waals surface area contributed by atoms with Gasteiger partial charge in [-0.1, -0.05) is 20.3 Å². The fourth-order valence-electron chi connectivity index (χ4n) is 1.96. The molecule has 1 aromatic rings. The quantitative estimate of drug-likeness (QED) is 0.807. The van der Waals surface area contributed by atoms with Crippen molar-refractivity contribution in [1.29, 1.82) is 0 Å². The number of primary amides is 1. The second-order valence-corrected chi connectivity index (χ2v) is 5.07. The van der Waals surface area contributed by atoms with E-state index in [-0.39, 0.29) is 24.3 Å². The van der Waals surface area contributed by atoms with Gasteiger partial charge in [0.05, 0.1) is 0 Å². The van der Waals surface area contributed by atoms with E-state index in [1.54, 1.807) is 0 Å². The molecule has 0 bridgehead atoms. The minimum atomic E-state index is -0.750. The monoisotopic (exact) mass is 298 g/mol. The zero-order valence-corrected chi connectivity index (χ0v) is 12.2. The highest BCUT2D eigenvalue weighted by atomic mass is 19.1. The Balaban J connectivity index is 2.61. The number of amides is 2. The van der Waals surface area contributed by atoms with E-state index < -0.39 is 29.5 Å². The van der Waals surface area contributed by atoms with Gasteiger partial charge in [-0.25, -0.2) is 8.78 Å². The van der Waals surface area contributed by atoms with Gasteiger partial charge in [-0.05, 0) is 36.1 Å². The molecule has 0 saturated heterocycles. The van der Waals surface area contributed by atoms with Crippen molar-refractivity contribution >= 4 is 11.8 Å². The standard InChI is InChI=1S/C15H20F2N2O2/c1-3-9(2)14(15(18)21)19-13(20)7-4-10-8-11(16)5-6-12(10)17/h5-6,8-9,14H,3-4,7H2,1-2H3,(H2,18,21)(H,19,20). The topological polar surface area (TPSA) is 72.2 Å². The van der Waals surface area contributed by atoms with Crippen LogP contribution in [0.2, 0.25) is 0 Å². The largest absolute Gasteiger partial charge is 0.368 e. The fraction of sp³-hybridized carbons (Fsp3) is 0.467. The summed E-state index contributed by atoms with van der Waals surface area (Å²) in [5.74, 6) is -2.21. The number of rotatable bonds is 7. The molecule has 2 unspecified atom stereocenters. The minimum absolute atomic E-state index is 0.0411. The molecule has 0 spiro atoms. The molecule has 0 saturated carbocycles. The van der Waals surface area contributed by atoms with Crippen LogP contribution in [0, 0.1) is 17.6 Å². The van der Waals surface area contributed by atoms with E-state index in [0.29, 0.717) is 6.42 Å². The maximum atomic E-state index is 13.4. The van der Waals surface area contributed by atoms with Crippen LogP contribution in [-0.4, -0.2) is 17.9 Å². The van der Waals surface area contributed by atoms with Crippen molar-refractivity contribution in [2.75, 3.05) is 0 Å². The average Bonchev–Trinajstić information content (AvgIpc) is 2.44. The van der Waals surface area contributed by atoms with E-state index in [2.05, 4.69) is 5.32 Å². The molecule has 0 fully saturated rings. The van der Waals surface area contributed by atoms with Crippen LogP contribution < -0.4 is 11.1 Å². The minimum Gasteiger partial charge on any atom is -0.368 e. The molecule has 3 N–H and O–H groups in total. The molecule has 1 aromatic carbocycles. The zero-order chi connectivity index (χ0) is 16.0. The lowest BCUT2D eigenvalue weighted by Crippen LogP contribution is -2.48. The molecule has 0 aromatic heterocycles. The summed E-state index contributed by atoms with van der Waals surface area (Å²) in [4.78, 5) is 23.1. The van der Waals surface area contributed by atoms with E-state index >= 15 is 0 Å². The van der Waals surface area contributed by atoms with Crippen molar-refractivity contribution in [2.24, 2.45) is 11.7 Å². The van der Waals surface area contributed by atoms with Gasteiger partial charge in [0.15, 0.2) is 0 Å². The lowest BCUT2D eigenvalue weighted by atomic mass is 9.98. The number of nitrogens with one attached hydrogen (secondary N) is 1. The van der Waals surface area contributed by atoms with Gasteiger partial charge in [-0.3, -0.25) is 9.59 Å². The highest BCUT2D eigenvalue weighted by Crippen LogP contribution is 2.12. The third-order valence-corrected chi connectivity index (χ3v) is 3.47. The number of halogens is 2. The van der Waals surface area contributed by atoms with Gasteiger partial charge in [0.2, 0.25) is 11.8 Å². The normalized spacial score (nSPS) is 13.5. The first-order valence-corrected chi connectivity index (χ1v) is 6.87. The smallest absolute Gasteiger partial charge is 0.240 e. The highest BCUT2D eigenvalue weighted by molar-refractivity contribution is 5.86. The summed E-state index contributed by atoms with van der Waals surface area (Å²) in [6.07, 6.45) is 0.703. The van der Waals surface area contributed by atoms with Crippen molar-refractivity contribution in [3.63, 3.8) is 0 Å². The van der Waals surface area contributed by atoms with Gasteiger partial charge in [0, 0.05) is 6.42 Å². The van der Waals surface area contributed by atoms with Crippen molar-refractivity contribution in [3.05, 3.63) is 35.4 Å². The third-order valence-electron chi connectivity index (χ3n) is 3.47. The van der Waals surface area contributed by atoms with Crippen LogP contribution in [0.25, 0.3) is 0 Å². The molecule has 0 heterocycles. The van der Waals surface area contributed by atoms with Crippen LogP contribution in [-0.2, 0) is 16.0 Å². The molecule has 21 heavy (non-hydrogen) atoms. The Hall–Kier alpha value is -1.98. The average molecular weight is 298 g/mol. The number of benzene rings is 1. The molecule has 4 nitrogen and oxygen atoms in total. The van der Waals surface area contributed by atoms with Crippen molar-refractivity contribution in [2.45, 2.75) is 39.2 Å². The summed E-state index contributed by atoms with van der Waals surface area (Å²) >= 11 is 0. The highest BCUT2D eigenvalue weighted by Gasteiger charge is 2.23. The first-order chi connectivity index (χ1) is 9.85. The lowest BCUT2D eigenvalue weighted by molar-refractivity contribution is -0.128. The first-order valence-electron chi connectivity index (χ1n) is 6.87. The number of nitrogens with two attached hydrogens (primary N) is 1. The summed E-state index contributed by atoms with van der Waals surface area (Å²) in [5.41, 5.74) is 5.38. The fourth-order valence-corrected chi connectivity index (χ4v) is 1.96. The van der Waals surface area contributed by atoms with Gasteiger partial charge in [-0.15, -0.1) is 0 Å². The van der Waals surface area contributed by atoms with Gasteiger partial charge < -0.3 is 11.1 Å². The number of aryl methyl sites for hydroxylation is 1. The molecule has 116 valence electrons. The summed E-state index contributed by atoms with van der Waals surface area (Å²) < 4.78 is 26.4. The number of carbonyl (C=O) groups excluding carboxylic acids is 2. The Labute approximate surface area is 122 Å². The Morgan fingerprint density at radius 3 is 2.57 bits per heavy atom. The molecule has 2 atom stereocenters. The molecular weight excluding hydrogens is 278 g/mol.